The lowest BCUT2D eigenvalue weighted by molar-refractivity contribution is -0.169. The zero-order chi connectivity index (χ0) is 15.5. The predicted molar refractivity (Wildman–Crippen MR) is 85.0 cm³/mol. The Bertz CT molecular complexity index is 356. The van der Waals surface area contributed by atoms with Gasteiger partial charge < -0.3 is 15.0 Å². The molecule has 122 valence electrons. The minimum absolute atomic E-state index is 0.171. The lowest BCUT2D eigenvalue weighted by Gasteiger charge is -2.41. The Morgan fingerprint density at radius 1 is 1.19 bits per heavy atom. The third-order valence-electron chi connectivity index (χ3n) is 4.77. The summed E-state index contributed by atoms with van der Waals surface area (Å²) in [5.74, 6) is 0.496. The third kappa shape index (κ3) is 3.59. The van der Waals surface area contributed by atoms with E-state index in [9.17, 15) is 4.79 Å². The minimum Gasteiger partial charge on any atom is -0.348 e. The highest BCUT2D eigenvalue weighted by molar-refractivity contribution is 5.80. The van der Waals surface area contributed by atoms with Crippen LogP contribution >= 0.6 is 0 Å². The van der Waals surface area contributed by atoms with Crippen LogP contribution in [-0.4, -0.2) is 41.8 Å². The normalized spacial score (nSPS) is 24.0. The van der Waals surface area contributed by atoms with Crippen LogP contribution in [0.5, 0.6) is 0 Å². The molecule has 0 bridgehead atoms. The van der Waals surface area contributed by atoms with E-state index in [1.54, 1.807) is 0 Å². The molecule has 4 nitrogen and oxygen atoms in total. The van der Waals surface area contributed by atoms with E-state index in [0.29, 0.717) is 5.91 Å². The SMILES string of the molecule is CCCC(CCC)C(=O)N1CC(C)(C)OC12CCNCC2. The molecule has 2 fully saturated rings. The highest BCUT2D eigenvalue weighted by Gasteiger charge is 2.53. The number of amides is 1. The van der Waals surface area contributed by atoms with Crippen LogP contribution in [0.3, 0.4) is 0 Å². The highest BCUT2D eigenvalue weighted by Crippen LogP contribution is 2.41. The van der Waals surface area contributed by atoms with Crippen LogP contribution in [-0.2, 0) is 9.53 Å². The Balaban J connectivity index is 2.19. The Morgan fingerprint density at radius 2 is 1.76 bits per heavy atom. The van der Waals surface area contributed by atoms with E-state index in [2.05, 4.69) is 37.9 Å². The molecular formula is C17H32N2O2. The first-order valence-corrected chi connectivity index (χ1v) is 8.66. The van der Waals surface area contributed by atoms with Crippen molar-refractivity contribution in [1.82, 2.24) is 10.2 Å². The first kappa shape index (κ1) is 16.8. The summed E-state index contributed by atoms with van der Waals surface area (Å²) in [4.78, 5) is 15.2. The molecule has 2 aliphatic rings. The summed E-state index contributed by atoms with van der Waals surface area (Å²) in [6, 6.07) is 0. The average Bonchev–Trinajstić information content (AvgIpc) is 2.69. The number of hydrogen-bond donors (Lipinski definition) is 1. The van der Waals surface area contributed by atoms with Gasteiger partial charge in [-0.15, -0.1) is 0 Å². The molecule has 2 saturated heterocycles. The zero-order valence-electron chi connectivity index (χ0n) is 14.2. The molecule has 21 heavy (non-hydrogen) atoms. The van der Waals surface area contributed by atoms with Crippen LogP contribution in [0, 0.1) is 5.92 Å². The quantitative estimate of drug-likeness (QED) is 0.848. The van der Waals surface area contributed by atoms with E-state index in [4.69, 9.17) is 4.74 Å². The second-order valence-corrected chi connectivity index (χ2v) is 7.26. The molecule has 2 heterocycles. The van der Waals surface area contributed by atoms with Gasteiger partial charge in [-0.05, 0) is 39.8 Å². The molecule has 1 spiro atoms. The minimum atomic E-state index is -0.356. The van der Waals surface area contributed by atoms with Gasteiger partial charge in [0.2, 0.25) is 5.91 Å². The fourth-order valence-electron chi connectivity index (χ4n) is 3.90. The van der Waals surface area contributed by atoms with Crippen molar-refractivity contribution in [1.29, 1.82) is 0 Å². The summed E-state index contributed by atoms with van der Waals surface area (Å²) in [5.41, 5.74) is -0.582. The van der Waals surface area contributed by atoms with Crippen molar-refractivity contribution in [2.45, 2.75) is 77.5 Å². The first-order chi connectivity index (χ1) is 9.94. The van der Waals surface area contributed by atoms with Crippen molar-refractivity contribution in [3.05, 3.63) is 0 Å². The maximum absolute atomic E-state index is 13.1. The number of ether oxygens (including phenoxy) is 1. The Labute approximate surface area is 129 Å². The zero-order valence-corrected chi connectivity index (χ0v) is 14.2. The molecule has 1 amide bonds. The molecule has 4 heteroatoms. The summed E-state index contributed by atoms with van der Waals surface area (Å²) in [6.07, 6.45) is 5.96. The van der Waals surface area contributed by atoms with Gasteiger partial charge in [0.15, 0.2) is 0 Å². The first-order valence-electron chi connectivity index (χ1n) is 8.66. The summed E-state index contributed by atoms with van der Waals surface area (Å²) in [6.45, 7) is 11.2. The van der Waals surface area contributed by atoms with Crippen molar-refractivity contribution in [2.24, 2.45) is 5.92 Å². The molecule has 0 atom stereocenters. The maximum atomic E-state index is 13.1. The molecule has 0 aromatic heterocycles. The van der Waals surface area contributed by atoms with Crippen molar-refractivity contribution in [3.63, 3.8) is 0 Å². The van der Waals surface area contributed by atoms with Crippen LogP contribution in [0.4, 0.5) is 0 Å². The van der Waals surface area contributed by atoms with Gasteiger partial charge >= 0.3 is 0 Å². The number of piperidine rings is 1. The molecule has 0 aromatic carbocycles. The molecule has 0 aliphatic carbocycles. The van der Waals surface area contributed by atoms with E-state index in [1.165, 1.54) is 0 Å². The second-order valence-electron chi connectivity index (χ2n) is 7.26. The molecular weight excluding hydrogens is 264 g/mol. The monoisotopic (exact) mass is 296 g/mol. The van der Waals surface area contributed by atoms with Crippen LogP contribution in [0.1, 0.15) is 66.2 Å². The van der Waals surface area contributed by atoms with E-state index in [1.807, 2.05) is 0 Å². The summed E-state index contributed by atoms with van der Waals surface area (Å²) in [5, 5.41) is 3.38. The number of carbonyl (C=O) groups is 1. The fourth-order valence-corrected chi connectivity index (χ4v) is 3.90. The topological polar surface area (TPSA) is 41.6 Å². The molecule has 0 radical (unpaired) electrons. The van der Waals surface area contributed by atoms with Crippen molar-refractivity contribution >= 4 is 5.91 Å². The van der Waals surface area contributed by atoms with Crippen LogP contribution in [0.2, 0.25) is 0 Å². The Hall–Kier alpha value is -0.610. The summed E-state index contributed by atoms with van der Waals surface area (Å²) in [7, 11) is 0. The van der Waals surface area contributed by atoms with Crippen LogP contribution in [0.25, 0.3) is 0 Å². The summed E-state index contributed by atoms with van der Waals surface area (Å²) >= 11 is 0. The van der Waals surface area contributed by atoms with E-state index < -0.39 is 0 Å². The maximum Gasteiger partial charge on any atom is 0.228 e. The van der Waals surface area contributed by atoms with Gasteiger partial charge in [-0.3, -0.25) is 4.79 Å². The smallest absolute Gasteiger partial charge is 0.228 e. The van der Waals surface area contributed by atoms with E-state index in [0.717, 1.165) is 58.2 Å². The largest absolute Gasteiger partial charge is 0.348 e. The lowest BCUT2D eigenvalue weighted by atomic mass is 9.93. The van der Waals surface area contributed by atoms with Crippen molar-refractivity contribution < 1.29 is 9.53 Å². The fraction of sp³-hybridized carbons (Fsp3) is 0.941. The number of nitrogens with one attached hydrogen (secondary N) is 1. The number of nitrogens with zero attached hydrogens (tertiary/aromatic N) is 1. The van der Waals surface area contributed by atoms with E-state index >= 15 is 0 Å². The molecule has 0 saturated carbocycles. The van der Waals surface area contributed by atoms with Gasteiger partial charge in [0, 0.05) is 18.8 Å². The predicted octanol–water partition coefficient (Wildman–Crippen LogP) is 2.92. The van der Waals surface area contributed by atoms with Crippen molar-refractivity contribution in [3.8, 4) is 0 Å². The standard InChI is InChI=1S/C17H32N2O2/c1-5-7-14(8-6-2)15(20)19-13-16(3,4)21-17(19)9-11-18-12-10-17/h14,18H,5-13H2,1-4H3. The van der Waals surface area contributed by atoms with Gasteiger partial charge in [0.1, 0.15) is 5.72 Å². The van der Waals surface area contributed by atoms with Gasteiger partial charge in [-0.25, -0.2) is 0 Å². The second kappa shape index (κ2) is 6.66. The van der Waals surface area contributed by atoms with Gasteiger partial charge in [0.25, 0.3) is 0 Å². The molecule has 0 unspecified atom stereocenters. The van der Waals surface area contributed by atoms with Crippen molar-refractivity contribution in [2.75, 3.05) is 19.6 Å². The summed E-state index contributed by atoms with van der Waals surface area (Å²) < 4.78 is 6.38. The van der Waals surface area contributed by atoms with Gasteiger partial charge in [0.05, 0.1) is 12.1 Å². The van der Waals surface area contributed by atoms with Crippen LogP contribution in [0.15, 0.2) is 0 Å². The molecule has 0 aromatic rings. The third-order valence-corrected chi connectivity index (χ3v) is 4.77. The highest BCUT2D eigenvalue weighted by atomic mass is 16.6. The van der Waals surface area contributed by atoms with Crippen LogP contribution < -0.4 is 5.32 Å². The number of rotatable bonds is 5. The van der Waals surface area contributed by atoms with Gasteiger partial charge in [-0.1, -0.05) is 26.7 Å². The number of hydrogen-bond acceptors (Lipinski definition) is 3. The molecule has 1 N–H and O–H groups in total. The van der Waals surface area contributed by atoms with Gasteiger partial charge in [-0.2, -0.15) is 0 Å². The molecule has 2 rings (SSSR count). The number of carbonyl (C=O) groups excluding carboxylic acids is 1. The Morgan fingerprint density at radius 3 is 2.29 bits per heavy atom. The Kier molecular flexibility index (Phi) is 5.31. The average molecular weight is 296 g/mol. The molecule has 2 aliphatic heterocycles. The van der Waals surface area contributed by atoms with E-state index in [-0.39, 0.29) is 17.2 Å². The lowest BCUT2D eigenvalue weighted by Crippen LogP contribution is -2.55.